The molecule has 0 saturated carbocycles. The molecule has 1 saturated heterocycles. The summed E-state index contributed by atoms with van der Waals surface area (Å²) < 4.78 is 10.5. The molecule has 0 radical (unpaired) electrons. The van der Waals surface area contributed by atoms with Crippen LogP contribution in [-0.2, 0) is 9.59 Å². The van der Waals surface area contributed by atoms with Crippen LogP contribution in [0.3, 0.4) is 0 Å². The molecule has 8 heteroatoms. The van der Waals surface area contributed by atoms with E-state index in [9.17, 15) is 9.59 Å². The lowest BCUT2D eigenvalue weighted by molar-refractivity contribution is -0.127. The van der Waals surface area contributed by atoms with E-state index < -0.39 is 0 Å². The molecule has 0 bridgehead atoms. The van der Waals surface area contributed by atoms with Gasteiger partial charge in [0, 0.05) is 43.9 Å². The second kappa shape index (κ2) is 10.8. The molecule has 7 nitrogen and oxygen atoms in total. The Balaban J connectivity index is 1.49. The van der Waals surface area contributed by atoms with Crippen molar-refractivity contribution >= 4 is 35.2 Å². The predicted octanol–water partition coefficient (Wildman–Crippen LogP) is 3.15. The van der Waals surface area contributed by atoms with Crippen LogP contribution < -0.4 is 14.8 Å². The van der Waals surface area contributed by atoms with Crippen LogP contribution in [0.1, 0.15) is 5.56 Å². The van der Waals surface area contributed by atoms with Gasteiger partial charge in [-0.2, -0.15) is 0 Å². The van der Waals surface area contributed by atoms with Crippen molar-refractivity contribution in [1.82, 2.24) is 9.80 Å². The Bertz CT molecular complexity index is 956. The number of anilines is 1. The standard InChI is InChI=1S/C23H26ClN3O4/c1-30-18-9-7-17(21(15-18)31-2)8-10-23(29)27-13-11-26(12-14-27)16-22(28)25-20-6-4-3-5-19(20)24/h3-10,15H,11-14,16H2,1-2H3,(H,25,28)/b10-8+. The number of nitrogens with one attached hydrogen (secondary N) is 1. The molecule has 0 spiro atoms. The average Bonchev–Trinajstić information content (AvgIpc) is 2.79. The van der Waals surface area contributed by atoms with Crippen molar-refractivity contribution in [3.63, 3.8) is 0 Å². The number of carbonyl (C=O) groups is 2. The highest BCUT2D eigenvalue weighted by molar-refractivity contribution is 6.33. The minimum absolute atomic E-state index is 0.0713. The van der Waals surface area contributed by atoms with E-state index in [4.69, 9.17) is 21.1 Å². The Morgan fingerprint density at radius 3 is 2.48 bits per heavy atom. The van der Waals surface area contributed by atoms with Crippen LogP contribution in [0.5, 0.6) is 11.5 Å². The zero-order valence-corrected chi connectivity index (χ0v) is 18.4. The Morgan fingerprint density at radius 1 is 1.06 bits per heavy atom. The minimum Gasteiger partial charge on any atom is -0.497 e. The van der Waals surface area contributed by atoms with Gasteiger partial charge in [0.2, 0.25) is 11.8 Å². The van der Waals surface area contributed by atoms with Gasteiger partial charge in [-0.3, -0.25) is 14.5 Å². The lowest BCUT2D eigenvalue weighted by atomic mass is 10.1. The van der Waals surface area contributed by atoms with E-state index >= 15 is 0 Å². The van der Waals surface area contributed by atoms with Gasteiger partial charge < -0.3 is 19.7 Å². The third-order valence-electron chi connectivity index (χ3n) is 5.05. The van der Waals surface area contributed by atoms with Crippen molar-refractivity contribution in [2.24, 2.45) is 0 Å². The average molecular weight is 444 g/mol. The van der Waals surface area contributed by atoms with Crippen molar-refractivity contribution in [3.8, 4) is 11.5 Å². The fourth-order valence-electron chi connectivity index (χ4n) is 3.30. The second-order valence-corrected chi connectivity index (χ2v) is 7.48. The third-order valence-corrected chi connectivity index (χ3v) is 5.37. The van der Waals surface area contributed by atoms with Gasteiger partial charge in [0.05, 0.1) is 31.5 Å². The first-order valence-corrected chi connectivity index (χ1v) is 10.3. The molecule has 31 heavy (non-hydrogen) atoms. The summed E-state index contributed by atoms with van der Waals surface area (Å²) in [6.07, 6.45) is 3.29. The number of carbonyl (C=O) groups excluding carboxylic acids is 2. The molecule has 1 heterocycles. The Morgan fingerprint density at radius 2 is 1.81 bits per heavy atom. The fourth-order valence-corrected chi connectivity index (χ4v) is 3.49. The molecule has 164 valence electrons. The molecule has 3 rings (SSSR count). The molecule has 2 amide bonds. The maximum atomic E-state index is 12.6. The second-order valence-electron chi connectivity index (χ2n) is 7.07. The van der Waals surface area contributed by atoms with E-state index in [1.807, 2.05) is 29.2 Å². The molecule has 0 atom stereocenters. The van der Waals surface area contributed by atoms with Crippen LogP contribution in [-0.4, -0.2) is 68.6 Å². The number of para-hydroxylation sites is 1. The number of ether oxygens (including phenoxy) is 2. The molecular formula is C23H26ClN3O4. The summed E-state index contributed by atoms with van der Waals surface area (Å²) in [5.74, 6) is 1.13. The minimum atomic E-state index is -0.126. The van der Waals surface area contributed by atoms with Crippen LogP contribution in [0, 0.1) is 0 Å². The van der Waals surface area contributed by atoms with Crippen molar-refractivity contribution in [3.05, 3.63) is 59.1 Å². The van der Waals surface area contributed by atoms with Gasteiger partial charge in [-0.15, -0.1) is 0 Å². The summed E-state index contributed by atoms with van der Waals surface area (Å²) in [4.78, 5) is 28.6. The van der Waals surface area contributed by atoms with Gasteiger partial charge in [-0.05, 0) is 30.3 Å². The zero-order valence-electron chi connectivity index (χ0n) is 17.6. The number of rotatable bonds is 7. The van der Waals surface area contributed by atoms with Gasteiger partial charge in [-0.25, -0.2) is 0 Å². The van der Waals surface area contributed by atoms with Crippen molar-refractivity contribution in [2.45, 2.75) is 0 Å². The number of amides is 2. The van der Waals surface area contributed by atoms with E-state index in [-0.39, 0.29) is 18.4 Å². The quantitative estimate of drug-likeness (QED) is 0.665. The summed E-state index contributed by atoms with van der Waals surface area (Å²) >= 11 is 6.08. The number of methoxy groups -OCH3 is 2. The van der Waals surface area contributed by atoms with Crippen LogP contribution in [0.4, 0.5) is 5.69 Å². The van der Waals surface area contributed by atoms with Crippen molar-refractivity contribution in [1.29, 1.82) is 0 Å². The number of hydrogen-bond donors (Lipinski definition) is 1. The SMILES string of the molecule is COc1ccc(/C=C/C(=O)N2CCN(CC(=O)Nc3ccccc3Cl)CC2)c(OC)c1. The van der Waals surface area contributed by atoms with Crippen LogP contribution >= 0.6 is 11.6 Å². The summed E-state index contributed by atoms with van der Waals surface area (Å²) in [5.41, 5.74) is 1.40. The zero-order chi connectivity index (χ0) is 22.2. The highest BCUT2D eigenvalue weighted by Crippen LogP contribution is 2.25. The Hall–Kier alpha value is -3.03. The number of hydrogen-bond acceptors (Lipinski definition) is 5. The van der Waals surface area contributed by atoms with Gasteiger partial charge in [0.1, 0.15) is 11.5 Å². The molecule has 1 aliphatic rings. The summed E-state index contributed by atoms with van der Waals surface area (Å²) in [7, 11) is 3.17. The number of nitrogens with zero attached hydrogens (tertiary/aromatic N) is 2. The van der Waals surface area contributed by atoms with E-state index in [2.05, 4.69) is 5.32 Å². The Labute approximate surface area is 187 Å². The largest absolute Gasteiger partial charge is 0.497 e. The van der Waals surface area contributed by atoms with Crippen molar-refractivity contribution in [2.75, 3.05) is 52.3 Å². The Kier molecular flexibility index (Phi) is 7.92. The fraction of sp³-hybridized carbons (Fsp3) is 0.304. The third kappa shape index (κ3) is 6.23. The van der Waals surface area contributed by atoms with Gasteiger partial charge in [0.25, 0.3) is 0 Å². The topological polar surface area (TPSA) is 71.1 Å². The van der Waals surface area contributed by atoms with Gasteiger partial charge in [0.15, 0.2) is 0 Å². The molecule has 2 aromatic carbocycles. The lowest BCUT2D eigenvalue weighted by Crippen LogP contribution is -2.50. The number of benzene rings is 2. The first-order chi connectivity index (χ1) is 15.0. The number of piperazine rings is 1. The predicted molar refractivity (Wildman–Crippen MR) is 122 cm³/mol. The smallest absolute Gasteiger partial charge is 0.246 e. The summed E-state index contributed by atoms with van der Waals surface area (Å²) in [6, 6.07) is 12.6. The van der Waals surface area contributed by atoms with Gasteiger partial charge in [-0.1, -0.05) is 23.7 Å². The molecule has 0 unspecified atom stereocenters. The highest BCUT2D eigenvalue weighted by atomic mass is 35.5. The molecule has 2 aromatic rings. The lowest BCUT2D eigenvalue weighted by Gasteiger charge is -2.33. The first kappa shape index (κ1) is 22.7. The molecular weight excluding hydrogens is 418 g/mol. The first-order valence-electron chi connectivity index (χ1n) is 9.96. The molecule has 1 aliphatic heterocycles. The van der Waals surface area contributed by atoms with Crippen LogP contribution in [0.25, 0.3) is 6.08 Å². The van der Waals surface area contributed by atoms with Crippen LogP contribution in [0.15, 0.2) is 48.5 Å². The van der Waals surface area contributed by atoms with E-state index in [1.165, 1.54) is 0 Å². The number of halogens is 1. The van der Waals surface area contributed by atoms with E-state index in [0.29, 0.717) is 48.4 Å². The summed E-state index contributed by atoms with van der Waals surface area (Å²) in [6.45, 7) is 2.62. The maximum absolute atomic E-state index is 12.6. The van der Waals surface area contributed by atoms with Crippen molar-refractivity contribution < 1.29 is 19.1 Å². The molecule has 0 aliphatic carbocycles. The van der Waals surface area contributed by atoms with Crippen LogP contribution in [0.2, 0.25) is 5.02 Å². The normalized spacial score (nSPS) is 14.5. The molecule has 0 aromatic heterocycles. The maximum Gasteiger partial charge on any atom is 0.246 e. The molecule has 1 fully saturated rings. The monoisotopic (exact) mass is 443 g/mol. The molecule has 1 N–H and O–H groups in total. The van der Waals surface area contributed by atoms with Gasteiger partial charge >= 0.3 is 0 Å². The highest BCUT2D eigenvalue weighted by Gasteiger charge is 2.21. The summed E-state index contributed by atoms with van der Waals surface area (Å²) in [5, 5.41) is 3.33. The van der Waals surface area contributed by atoms with E-state index in [0.717, 1.165) is 5.56 Å². The van der Waals surface area contributed by atoms with E-state index in [1.54, 1.807) is 49.5 Å².